The first-order chi connectivity index (χ1) is 7.67. The Hall–Kier alpha value is -0.610. The molecule has 0 saturated heterocycles. The summed E-state index contributed by atoms with van der Waals surface area (Å²) in [7, 11) is 0. The molecule has 94 valence electrons. The maximum absolute atomic E-state index is 11.7. The molecule has 1 aliphatic carbocycles. The zero-order chi connectivity index (χ0) is 12.0. The number of nitrogens with two attached hydrogens (primary N) is 1. The zero-order valence-corrected chi connectivity index (χ0v) is 10.1. The molecule has 4 N–H and O–H groups in total. The van der Waals surface area contributed by atoms with Gasteiger partial charge in [-0.3, -0.25) is 4.79 Å². The molecule has 4 heteroatoms. The van der Waals surface area contributed by atoms with Crippen LogP contribution in [0.15, 0.2) is 0 Å². The van der Waals surface area contributed by atoms with Gasteiger partial charge in [-0.2, -0.15) is 0 Å². The molecule has 0 spiro atoms. The van der Waals surface area contributed by atoms with Gasteiger partial charge in [-0.25, -0.2) is 0 Å². The van der Waals surface area contributed by atoms with E-state index >= 15 is 0 Å². The normalized spacial score (nSPS) is 27.4. The van der Waals surface area contributed by atoms with Crippen LogP contribution >= 0.6 is 0 Å². The number of nitrogens with one attached hydrogen (secondary N) is 1. The number of rotatable bonds is 5. The van der Waals surface area contributed by atoms with Crippen molar-refractivity contribution in [2.45, 2.75) is 45.1 Å². The SMILES string of the molecule is CC(CN)CC(=O)NC1CCCCC1CO. The Bertz CT molecular complexity index is 221. The standard InChI is InChI=1S/C12H24N2O2/c1-9(7-13)6-12(16)14-11-5-3-2-4-10(11)8-15/h9-11,15H,2-8,13H2,1H3,(H,14,16). The van der Waals surface area contributed by atoms with E-state index in [0.717, 1.165) is 25.7 Å². The van der Waals surface area contributed by atoms with Crippen molar-refractivity contribution in [3.8, 4) is 0 Å². The maximum Gasteiger partial charge on any atom is 0.220 e. The minimum Gasteiger partial charge on any atom is -0.396 e. The maximum atomic E-state index is 11.7. The van der Waals surface area contributed by atoms with Gasteiger partial charge >= 0.3 is 0 Å². The van der Waals surface area contributed by atoms with E-state index in [1.165, 1.54) is 0 Å². The van der Waals surface area contributed by atoms with Crippen molar-refractivity contribution in [2.24, 2.45) is 17.6 Å². The van der Waals surface area contributed by atoms with Gasteiger partial charge in [0.2, 0.25) is 5.91 Å². The molecule has 1 amide bonds. The van der Waals surface area contributed by atoms with E-state index in [2.05, 4.69) is 5.32 Å². The van der Waals surface area contributed by atoms with E-state index in [1.807, 2.05) is 6.92 Å². The molecule has 0 aromatic rings. The summed E-state index contributed by atoms with van der Waals surface area (Å²) >= 11 is 0. The number of aliphatic hydroxyl groups is 1. The Morgan fingerprint density at radius 3 is 2.81 bits per heavy atom. The highest BCUT2D eigenvalue weighted by Gasteiger charge is 2.25. The summed E-state index contributed by atoms with van der Waals surface area (Å²) < 4.78 is 0. The van der Waals surface area contributed by atoms with Crippen LogP contribution in [0.5, 0.6) is 0 Å². The summed E-state index contributed by atoms with van der Waals surface area (Å²) in [5, 5.41) is 12.3. The van der Waals surface area contributed by atoms with Crippen molar-refractivity contribution in [1.82, 2.24) is 5.32 Å². The number of hydrogen-bond acceptors (Lipinski definition) is 3. The van der Waals surface area contributed by atoms with Crippen molar-refractivity contribution in [3.63, 3.8) is 0 Å². The quantitative estimate of drug-likeness (QED) is 0.646. The fourth-order valence-electron chi connectivity index (χ4n) is 2.28. The van der Waals surface area contributed by atoms with Crippen molar-refractivity contribution in [3.05, 3.63) is 0 Å². The van der Waals surface area contributed by atoms with E-state index in [0.29, 0.717) is 13.0 Å². The summed E-state index contributed by atoms with van der Waals surface area (Å²) in [5.41, 5.74) is 5.49. The monoisotopic (exact) mass is 228 g/mol. The third-order valence-corrected chi connectivity index (χ3v) is 3.43. The van der Waals surface area contributed by atoms with Crippen LogP contribution in [0.1, 0.15) is 39.0 Å². The molecule has 1 aliphatic rings. The molecule has 0 aliphatic heterocycles. The Morgan fingerprint density at radius 2 is 2.19 bits per heavy atom. The predicted octanol–water partition coefficient (Wildman–Crippen LogP) is 0.639. The molecule has 3 unspecified atom stereocenters. The van der Waals surface area contributed by atoms with Gasteiger partial charge in [-0.1, -0.05) is 19.8 Å². The van der Waals surface area contributed by atoms with Crippen molar-refractivity contribution >= 4 is 5.91 Å². The summed E-state index contributed by atoms with van der Waals surface area (Å²) in [6, 6.07) is 0.163. The smallest absolute Gasteiger partial charge is 0.220 e. The van der Waals surface area contributed by atoms with Crippen molar-refractivity contribution in [1.29, 1.82) is 0 Å². The first-order valence-electron chi connectivity index (χ1n) is 6.27. The Morgan fingerprint density at radius 1 is 1.50 bits per heavy atom. The Balaban J connectivity index is 2.36. The van der Waals surface area contributed by atoms with Crippen LogP contribution in [-0.2, 0) is 4.79 Å². The zero-order valence-electron chi connectivity index (χ0n) is 10.1. The molecule has 16 heavy (non-hydrogen) atoms. The summed E-state index contributed by atoms with van der Waals surface area (Å²) in [6.07, 6.45) is 4.82. The van der Waals surface area contributed by atoms with Gasteiger partial charge in [0.25, 0.3) is 0 Å². The second kappa shape index (κ2) is 6.86. The van der Waals surface area contributed by atoms with Crippen LogP contribution in [0, 0.1) is 11.8 Å². The largest absolute Gasteiger partial charge is 0.396 e. The molecule has 0 aromatic heterocycles. The molecule has 0 radical (unpaired) electrons. The van der Waals surface area contributed by atoms with E-state index in [9.17, 15) is 9.90 Å². The van der Waals surface area contributed by atoms with E-state index in [1.54, 1.807) is 0 Å². The molecule has 0 aromatic carbocycles. The summed E-state index contributed by atoms with van der Waals surface area (Å²) in [5.74, 6) is 0.547. The fraction of sp³-hybridized carbons (Fsp3) is 0.917. The fourth-order valence-corrected chi connectivity index (χ4v) is 2.28. The third-order valence-electron chi connectivity index (χ3n) is 3.43. The average molecular weight is 228 g/mol. The molecule has 4 nitrogen and oxygen atoms in total. The Labute approximate surface area is 97.6 Å². The number of amides is 1. The van der Waals surface area contributed by atoms with Gasteiger partial charge in [-0.05, 0) is 25.3 Å². The van der Waals surface area contributed by atoms with Gasteiger partial charge in [-0.15, -0.1) is 0 Å². The number of hydrogen-bond donors (Lipinski definition) is 3. The topological polar surface area (TPSA) is 75.4 Å². The van der Waals surface area contributed by atoms with Gasteiger partial charge < -0.3 is 16.2 Å². The van der Waals surface area contributed by atoms with E-state index in [-0.39, 0.29) is 30.4 Å². The molecule has 1 saturated carbocycles. The number of carbonyl (C=O) groups excluding carboxylic acids is 1. The van der Waals surface area contributed by atoms with Crippen LogP contribution in [-0.4, -0.2) is 30.2 Å². The molecule has 1 fully saturated rings. The van der Waals surface area contributed by atoms with Gasteiger partial charge in [0.15, 0.2) is 0 Å². The number of aliphatic hydroxyl groups excluding tert-OH is 1. The lowest BCUT2D eigenvalue weighted by molar-refractivity contribution is -0.123. The van der Waals surface area contributed by atoms with Crippen molar-refractivity contribution < 1.29 is 9.90 Å². The van der Waals surface area contributed by atoms with Crippen molar-refractivity contribution in [2.75, 3.05) is 13.2 Å². The lowest BCUT2D eigenvalue weighted by atomic mass is 9.85. The average Bonchev–Trinajstić information content (AvgIpc) is 2.29. The van der Waals surface area contributed by atoms with E-state index in [4.69, 9.17) is 5.73 Å². The van der Waals surface area contributed by atoms with Crippen LogP contribution < -0.4 is 11.1 Å². The predicted molar refractivity (Wildman–Crippen MR) is 63.8 cm³/mol. The second-order valence-corrected chi connectivity index (χ2v) is 4.95. The molecule has 0 heterocycles. The van der Waals surface area contributed by atoms with Gasteiger partial charge in [0.05, 0.1) is 0 Å². The number of carbonyl (C=O) groups is 1. The van der Waals surface area contributed by atoms with Crippen LogP contribution in [0.2, 0.25) is 0 Å². The molecular formula is C12H24N2O2. The van der Waals surface area contributed by atoms with Crippen LogP contribution in [0.4, 0.5) is 0 Å². The highest BCUT2D eigenvalue weighted by Crippen LogP contribution is 2.24. The van der Waals surface area contributed by atoms with E-state index < -0.39 is 0 Å². The first kappa shape index (κ1) is 13.5. The highest BCUT2D eigenvalue weighted by atomic mass is 16.3. The highest BCUT2D eigenvalue weighted by molar-refractivity contribution is 5.76. The molecule has 3 atom stereocenters. The molecule has 1 rings (SSSR count). The molecule has 0 bridgehead atoms. The lowest BCUT2D eigenvalue weighted by Crippen LogP contribution is -2.44. The van der Waals surface area contributed by atoms with Gasteiger partial charge in [0, 0.05) is 25.0 Å². The first-order valence-corrected chi connectivity index (χ1v) is 6.27. The Kier molecular flexibility index (Phi) is 5.77. The van der Waals surface area contributed by atoms with Crippen LogP contribution in [0.25, 0.3) is 0 Å². The van der Waals surface area contributed by atoms with Gasteiger partial charge in [0.1, 0.15) is 0 Å². The molecular weight excluding hydrogens is 204 g/mol. The third kappa shape index (κ3) is 4.10. The minimum atomic E-state index is 0.0725. The summed E-state index contributed by atoms with van der Waals surface area (Å²) in [6.45, 7) is 2.70. The second-order valence-electron chi connectivity index (χ2n) is 4.95. The minimum absolute atomic E-state index is 0.0725. The lowest BCUT2D eigenvalue weighted by Gasteiger charge is -2.31. The van der Waals surface area contributed by atoms with Crippen LogP contribution in [0.3, 0.4) is 0 Å². The summed E-state index contributed by atoms with van der Waals surface area (Å²) in [4.78, 5) is 11.7.